The number of benzene rings is 1. The molecule has 20 heavy (non-hydrogen) atoms. The minimum Gasteiger partial charge on any atom is -0.490 e. The molecule has 0 radical (unpaired) electrons. The molecule has 0 saturated heterocycles. The van der Waals surface area contributed by atoms with Crippen molar-refractivity contribution < 1.29 is 19.2 Å². The molecule has 0 aliphatic rings. The summed E-state index contributed by atoms with van der Waals surface area (Å²) in [5, 5.41) is 16.3. The number of rotatable bonds is 8. The highest BCUT2D eigenvalue weighted by Crippen LogP contribution is 2.29. The Bertz CT molecular complexity index is 478. The molecule has 8 heteroatoms. The third kappa shape index (κ3) is 4.82. The van der Waals surface area contributed by atoms with Crippen molar-refractivity contribution in [3.05, 3.63) is 28.3 Å². The highest BCUT2D eigenvalue weighted by molar-refractivity contribution is 5.92. The zero-order chi connectivity index (χ0) is 15.0. The molecular formula is C12H17N3O5. The summed E-state index contributed by atoms with van der Waals surface area (Å²) in [6.45, 7) is 1.15. The molecule has 0 spiro atoms. The summed E-state index contributed by atoms with van der Waals surface area (Å²) < 4.78 is 9.70. The van der Waals surface area contributed by atoms with Gasteiger partial charge in [0.25, 0.3) is 0 Å². The highest BCUT2D eigenvalue weighted by Gasteiger charge is 2.15. The number of amides is 1. The van der Waals surface area contributed by atoms with Crippen LogP contribution in [0, 0.1) is 10.1 Å². The molecule has 0 aromatic heterocycles. The molecule has 2 N–H and O–H groups in total. The van der Waals surface area contributed by atoms with E-state index in [0.717, 1.165) is 0 Å². The molecule has 1 aromatic carbocycles. The van der Waals surface area contributed by atoms with E-state index < -0.39 is 4.92 Å². The fraction of sp³-hybridized carbons (Fsp3) is 0.417. The Balaban J connectivity index is 2.61. The molecule has 1 aromatic rings. The maximum Gasteiger partial charge on any atom is 0.312 e. The topological polar surface area (TPSA) is 103 Å². The molecule has 0 saturated carbocycles. The van der Waals surface area contributed by atoms with Crippen molar-refractivity contribution in [1.82, 2.24) is 5.32 Å². The maximum absolute atomic E-state index is 11.6. The van der Waals surface area contributed by atoms with Crippen molar-refractivity contribution in [3.63, 3.8) is 0 Å². The van der Waals surface area contributed by atoms with Crippen LogP contribution in [0.1, 0.15) is 0 Å². The van der Waals surface area contributed by atoms with Gasteiger partial charge in [0.2, 0.25) is 5.91 Å². The van der Waals surface area contributed by atoms with Crippen molar-refractivity contribution in [2.24, 2.45) is 0 Å². The van der Waals surface area contributed by atoms with Crippen LogP contribution in [0.25, 0.3) is 0 Å². The van der Waals surface area contributed by atoms with E-state index in [4.69, 9.17) is 9.47 Å². The number of carbonyl (C=O) groups is 1. The van der Waals surface area contributed by atoms with E-state index in [-0.39, 0.29) is 23.9 Å². The summed E-state index contributed by atoms with van der Waals surface area (Å²) in [5.74, 6) is -0.146. The van der Waals surface area contributed by atoms with Crippen LogP contribution in [-0.2, 0) is 9.53 Å². The molecule has 0 unspecified atom stereocenters. The van der Waals surface area contributed by atoms with Crippen molar-refractivity contribution in [1.29, 1.82) is 0 Å². The van der Waals surface area contributed by atoms with E-state index in [0.29, 0.717) is 18.8 Å². The molecule has 1 amide bonds. The molecule has 0 heterocycles. The van der Waals surface area contributed by atoms with Gasteiger partial charge in [0.05, 0.1) is 25.2 Å². The fourth-order valence-electron chi connectivity index (χ4n) is 1.49. The van der Waals surface area contributed by atoms with Crippen LogP contribution in [0.15, 0.2) is 18.2 Å². The Hall–Kier alpha value is -2.19. The van der Waals surface area contributed by atoms with E-state index in [1.807, 2.05) is 0 Å². The van der Waals surface area contributed by atoms with Gasteiger partial charge in [-0.15, -0.1) is 0 Å². The number of nitro benzene ring substituents is 1. The minimum atomic E-state index is -0.564. The minimum absolute atomic E-state index is 0.100. The van der Waals surface area contributed by atoms with Gasteiger partial charge < -0.3 is 20.1 Å². The van der Waals surface area contributed by atoms with E-state index in [1.165, 1.54) is 19.2 Å². The standard InChI is InChI=1S/C12H17N3O5/c1-19-6-5-13-8-12(16)14-9-3-4-11(20-2)10(7-9)15(17)18/h3-4,7,13H,5-6,8H2,1-2H3,(H,14,16). The predicted molar refractivity (Wildman–Crippen MR) is 73.0 cm³/mol. The maximum atomic E-state index is 11.6. The van der Waals surface area contributed by atoms with Crippen molar-refractivity contribution in [3.8, 4) is 5.75 Å². The zero-order valence-electron chi connectivity index (χ0n) is 11.3. The van der Waals surface area contributed by atoms with Gasteiger partial charge in [-0.25, -0.2) is 0 Å². The quantitative estimate of drug-likeness (QED) is 0.415. The first-order valence-electron chi connectivity index (χ1n) is 5.90. The number of nitro groups is 1. The first-order chi connectivity index (χ1) is 9.58. The predicted octanol–water partition coefficient (Wildman–Crippen LogP) is 0.778. The van der Waals surface area contributed by atoms with Gasteiger partial charge in [-0.05, 0) is 12.1 Å². The second-order valence-electron chi connectivity index (χ2n) is 3.86. The summed E-state index contributed by atoms with van der Waals surface area (Å²) in [7, 11) is 2.92. The Kier molecular flexibility index (Phi) is 6.41. The number of hydrogen-bond acceptors (Lipinski definition) is 6. The molecule has 110 valence electrons. The van der Waals surface area contributed by atoms with Crippen LogP contribution >= 0.6 is 0 Å². The lowest BCUT2D eigenvalue weighted by Gasteiger charge is -2.08. The van der Waals surface area contributed by atoms with Gasteiger partial charge in [0, 0.05) is 25.4 Å². The van der Waals surface area contributed by atoms with Crippen LogP contribution < -0.4 is 15.4 Å². The first-order valence-corrected chi connectivity index (χ1v) is 5.90. The summed E-state index contributed by atoms with van der Waals surface area (Å²) in [4.78, 5) is 21.9. The van der Waals surface area contributed by atoms with Gasteiger partial charge in [0.15, 0.2) is 5.75 Å². The Morgan fingerprint density at radius 3 is 2.75 bits per heavy atom. The SMILES string of the molecule is COCCNCC(=O)Nc1ccc(OC)c([N+](=O)[O-])c1. The molecule has 0 aliphatic carbocycles. The lowest BCUT2D eigenvalue weighted by atomic mass is 10.2. The zero-order valence-corrected chi connectivity index (χ0v) is 11.3. The Morgan fingerprint density at radius 2 is 2.15 bits per heavy atom. The third-order valence-electron chi connectivity index (χ3n) is 2.43. The lowest BCUT2D eigenvalue weighted by Crippen LogP contribution is -2.30. The normalized spacial score (nSPS) is 10.1. The van der Waals surface area contributed by atoms with E-state index in [1.54, 1.807) is 13.2 Å². The average molecular weight is 283 g/mol. The fourth-order valence-corrected chi connectivity index (χ4v) is 1.49. The Labute approximate surface area is 116 Å². The molecule has 8 nitrogen and oxygen atoms in total. The third-order valence-corrected chi connectivity index (χ3v) is 2.43. The number of nitrogens with zero attached hydrogens (tertiary/aromatic N) is 1. The second-order valence-corrected chi connectivity index (χ2v) is 3.86. The average Bonchev–Trinajstić information content (AvgIpc) is 2.43. The van der Waals surface area contributed by atoms with Gasteiger partial charge in [0.1, 0.15) is 0 Å². The molecular weight excluding hydrogens is 266 g/mol. The Morgan fingerprint density at radius 1 is 1.40 bits per heavy atom. The van der Waals surface area contributed by atoms with Crippen LogP contribution in [0.4, 0.5) is 11.4 Å². The van der Waals surface area contributed by atoms with Gasteiger partial charge in [-0.1, -0.05) is 0 Å². The van der Waals surface area contributed by atoms with Gasteiger partial charge in [-0.2, -0.15) is 0 Å². The number of ether oxygens (including phenoxy) is 2. The largest absolute Gasteiger partial charge is 0.490 e. The number of methoxy groups -OCH3 is 2. The molecule has 0 aliphatic heterocycles. The van der Waals surface area contributed by atoms with Crippen molar-refractivity contribution >= 4 is 17.3 Å². The van der Waals surface area contributed by atoms with Gasteiger partial charge >= 0.3 is 5.69 Å². The molecule has 1 rings (SSSR count). The number of anilines is 1. The van der Waals surface area contributed by atoms with Crippen molar-refractivity contribution in [2.75, 3.05) is 39.2 Å². The monoisotopic (exact) mass is 283 g/mol. The second kappa shape index (κ2) is 8.08. The van der Waals surface area contributed by atoms with E-state index in [2.05, 4.69) is 10.6 Å². The number of hydrogen-bond donors (Lipinski definition) is 2. The van der Waals surface area contributed by atoms with Crippen LogP contribution in [0.5, 0.6) is 5.75 Å². The molecule has 0 atom stereocenters. The molecule has 0 bridgehead atoms. The summed E-state index contributed by atoms with van der Waals surface area (Å²) in [6, 6.07) is 4.23. The summed E-state index contributed by atoms with van der Waals surface area (Å²) >= 11 is 0. The smallest absolute Gasteiger partial charge is 0.312 e. The first kappa shape index (κ1) is 15.9. The van der Waals surface area contributed by atoms with Gasteiger partial charge in [-0.3, -0.25) is 14.9 Å². The lowest BCUT2D eigenvalue weighted by molar-refractivity contribution is -0.385. The summed E-state index contributed by atoms with van der Waals surface area (Å²) in [6.07, 6.45) is 0. The van der Waals surface area contributed by atoms with Crippen molar-refractivity contribution in [2.45, 2.75) is 0 Å². The number of carbonyl (C=O) groups excluding carboxylic acids is 1. The van der Waals surface area contributed by atoms with Crippen LogP contribution in [0.2, 0.25) is 0 Å². The van der Waals surface area contributed by atoms with E-state index in [9.17, 15) is 14.9 Å². The van der Waals surface area contributed by atoms with Crippen LogP contribution in [-0.4, -0.2) is 44.7 Å². The van der Waals surface area contributed by atoms with Crippen LogP contribution in [0.3, 0.4) is 0 Å². The number of nitrogens with one attached hydrogen (secondary N) is 2. The molecule has 0 fully saturated rings. The summed E-state index contributed by atoms with van der Waals surface area (Å²) in [5.41, 5.74) is 0.147. The highest BCUT2D eigenvalue weighted by atomic mass is 16.6. The van der Waals surface area contributed by atoms with E-state index >= 15 is 0 Å².